The van der Waals surface area contributed by atoms with E-state index in [9.17, 15) is 33.6 Å². The molecule has 216 valence electrons. The lowest BCUT2D eigenvalue weighted by molar-refractivity contribution is -0.143. The molecule has 1 aromatic carbocycles. The molecule has 5 atom stereocenters. The third-order valence-electron chi connectivity index (χ3n) is 5.93. The van der Waals surface area contributed by atoms with E-state index in [-0.39, 0.29) is 19.4 Å². The number of carbonyl (C=O) groups excluding carboxylic acids is 5. The molecule has 8 N–H and O–H groups in total. The average molecular weight is 572 g/mol. The van der Waals surface area contributed by atoms with Gasteiger partial charge in [-0.2, -0.15) is 0 Å². The molecular weight excluding hydrogens is 537 g/mol. The molecule has 0 aliphatic carbocycles. The lowest BCUT2D eigenvalue weighted by atomic mass is 10.0. The molecule has 0 unspecified atom stereocenters. The Kier molecular flexibility index (Phi) is 11.6. The van der Waals surface area contributed by atoms with Crippen molar-refractivity contribution in [1.29, 1.82) is 0 Å². The first-order valence-corrected chi connectivity index (χ1v) is 13.6. The third-order valence-corrected chi connectivity index (χ3v) is 6.41. The fourth-order valence-electron chi connectivity index (χ4n) is 4.08. The molecule has 1 fully saturated rings. The van der Waals surface area contributed by atoms with E-state index in [4.69, 9.17) is 15.5 Å². The van der Waals surface area contributed by atoms with Crippen molar-refractivity contribution in [3.63, 3.8) is 0 Å². The quantitative estimate of drug-likeness (QED) is 0.125. The van der Waals surface area contributed by atoms with Gasteiger partial charge in [0.2, 0.25) is 29.5 Å². The fraction of sp³-hybridized carbons (Fsp3) is 0.522. The smallest absolute Gasteiger partial charge is 0.391 e. The zero-order chi connectivity index (χ0) is 29.3. The topological polar surface area (TPSA) is 238 Å². The molecule has 0 saturated carbocycles. The maximum absolute atomic E-state index is 13.1. The minimum absolute atomic E-state index is 0.0779. The lowest BCUT2D eigenvalue weighted by Crippen LogP contribution is -2.60. The number of benzene rings is 1. The number of nitrogens with two attached hydrogens (primary N) is 1. The predicted molar refractivity (Wildman–Crippen MR) is 135 cm³/mol. The second-order valence-corrected chi connectivity index (χ2v) is 10.3. The summed E-state index contributed by atoms with van der Waals surface area (Å²) in [4.78, 5) is 81.7. The summed E-state index contributed by atoms with van der Waals surface area (Å²) in [6, 6.07) is 3.51. The Morgan fingerprint density at radius 3 is 2.28 bits per heavy atom. The number of primary amides is 1. The number of rotatable bonds is 13. The van der Waals surface area contributed by atoms with Crippen LogP contribution in [0.25, 0.3) is 0 Å². The van der Waals surface area contributed by atoms with E-state index >= 15 is 0 Å². The Balaban J connectivity index is 2.13. The first-order valence-electron chi connectivity index (χ1n) is 12.1. The number of nitrogens with zero attached hydrogens (tertiary/aromatic N) is 1. The summed E-state index contributed by atoms with van der Waals surface area (Å²) in [5.74, 6) is -3.99. The van der Waals surface area contributed by atoms with Crippen LogP contribution in [0.1, 0.15) is 32.3 Å². The number of nitrogens with one attached hydrogen (secondary N) is 3. The summed E-state index contributed by atoms with van der Waals surface area (Å²) in [6.45, 7) is 1.58. The van der Waals surface area contributed by atoms with Gasteiger partial charge in [-0.25, -0.2) is 4.57 Å². The van der Waals surface area contributed by atoms with Crippen LogP contribution in [0, 0.1) is 0 Å². The first-order chi connectivity index (χ1) is 18.2. The zero-order valence-electron chi connectivity index (χ0n) is 21.5. The molecule has 2 rings (SSSR count). The largest absolute Gasteiger partial charge is 0.469 e. The van der Waals surface area contributed by atoms with Crippen molar-refractivity contribution in [2.45, 2.75) is 63.4 Å². The molecule has 1 aliphatic rings. The Labute approximate surface area is 224 Å². The van der Waals surface area contributed by atoms with Gasteiger partial charge in [0.05, 0.1) is 12.7 Å². The van der Waals surface area contributed by atoms with Crippen molar-refractivity contribution >= 4 is 37.4 Å². The third kappa shape index (κ3) is 10.0. The highest BCUT2D eigenvalue weighted by Crippen LogP contribution is 2.35. The molecule has 15 nitrogen and oxygen atoms in total. The van der Waals surface area contributed by atoms with E-state index in [2.05, 4.69) is 20.5 Å². The van der Waals surface area contributed by atoms with E-state index in [0.717, 1.165) is 17.4 Å². The standard InChI is InChI=1S/C23H34N5O10P/c1-13(29)19(22(33)26-16(20(24)31)11-15-7-4-3-5-8-15)27-21(32)18-9-6-10-28(18)23(34)17(25-14(2)30)12-38-39(35,36)37/h3-5,7-8,13,16-19,29H,6,9-12H2,1-2H3,(H2,24,31)(H,25,30)(H,26,33)(H,27,32)(H2,35,36,37)/t13-,16+,17+,18+,19+/m1/s1. The van der Waals surface area contributed by atoms with Gasteiger partial charge >= 0.3 is 7.82 Å². The number of phosphoric ester groups is 1. The van der Waals surface area contributed by atoms with Crippen molar-refractivity contribution in [2.75, 3.05) is 13.2 Å². The fourth-order valence-corrected chi connectivity index (χ4v) is 4.43. The molecule has 1 aromatic rings. The molecule has 1 heterocycles. The zero-order valence-corrected chi connectivity index (χ0v) is 22.4. The maximum Gasteiger partial charge on any atom is 0.469 e. The van der Waals surface area contributed by atoms with E-state index in [0.29, 0.717) is 6.42 Å². The van der Waals surface area contributed by atoms with Gasteiger partial charge in [0, 0.05) is 19.9 Å². The number of amides is 5. The molecule has 5 amide bonds. The summed E-state index contributed by atoms with van der Waals surface area (Å²) in [5.41, 5.74) is 6.16. The highest BCUT2D eigenvalue weighted by atomic mass is 31.2. The Morgan fingerprint density at radius 1 is 1.10 bits per heavy atom. The summed E-state index contributed by atoms with van der Waals surface area (Å²) >= 11 is 0. The first kappa shape index (κ1) is 31.9. The molecule has 0 aromatic heterocycles. The van der Waals surface area contributed by atoms with Crippen LogP contribution in [0.4, 0.5) is 0 Å². The summed E-state index contributed by atoms with van der Waals surface area (Å²) in [6.07, 6.45) is -0.763. The average Bonchev–Trinajstić information content (AvgIpc) is 3.33. The Bertz CT molecular complexity index is 1100. The highest BCUT2D eigenvalue weighted by molar-refractivity contribution is 7.46. The minimum atomic E-state index is -4.96. The van der Waals surface area contributed by atoms with Gasteiger partial charge in [0.25, 0.3) is 0 Å². The van der Waals surface area contributed by atoms with Crippen molar-refractivity contribution in [1.82, 2.24) is 20.9 Å². The number of carbonyl (C=O) groups is 5. The molecule has 1 aliphatic heterocycles. The highest BCUT2D eigenvalue weighted by Gasteiger charge is 2.40. The lowest BCUT2D eigenvalue weighted by Gasteiger charge is -2.30. The monoisotopic (exact) mass is 571 g/mol. The molecule has 0 spiro atoms. The van der Waals surface area contributed by atoms with Gasteiger partial charge in [-0.1, -0.05) is 30.3 Å². The van der Waals surface area contributed by atoms with Crippen LogP contribution in [0.2, 0.25) is 0 Å². The maximum atomic E-state index is 13.1. The van der Waals surface area contributed by atoms with E-state index in [1.54, 1.807) is 30.3 Å². The summed E-state index contributed by atoms with van der Waals surface area (Å²) < 4.78 is 15.5. The van der Waals surface area contributed by atoms with E-state index in [1.807, 2.05) is 0 Å². The minimum Gasteiger partial charge on any atom is -0.391 e. The van der Waals surface area contributed by atoms with Gasteiger partial charge in [-0.05, 0) is 25.3 Å². The van der Waals surface area contributed by atoms with Gasteiger partial charge in [-0.3, -0.25) is 28.5 Å². The van der Waals surface area contributed by atoms with Crippen molar-refractivity contribution in [3.8, 4) is 0 Å². The van der Waals surface area contributed by atoms with Crippen LogP contribution in [0.3, 0.4) is 0 Å². The van der Waals surface area contributed by atoms with Gasteiger partial charge in [0.1, 0.15) is 24.2 Å². The normalized spacial score (nSPS) is 18.4. The molecule has 39 heavy (non-hydrogen) atoms. The van der Waals surface area contributed by atoms with Crippen LogP contribution in [0.5, 0.6) is 0 Å². The number of hydrogen-bond acceptors (Lipinski definition) is 8. The number of aliphatic hydroxyl groups excluding tert-OH is 1. The number of aliphatic hydroxyl groups is 1. The van der Waals surface area contributed by atoms with Crippen LogP contribution in [-0.4, -0.2) is 92.8 Å². The van der Waals surface area contributed by atoms with E-state index < -0.39 is 74.2 Å². The number of likely N-dealkylation sites (tertiary alicyclic amines) is 1. The summed E-state index contributed by atoms with van der Waals surface area (Å²) in [5, 5.41) is 17.3. The van der Waals surface area contributed by atoms with E-state index in [1.165, 1.54) is 6.92 Å². The second-order valence-electron chi connectivity index (χ2n) is 9.11. The molecule has 0 bridgehead atoms. The van der Waals surface area contributed by atoms with Crippen molar-refractivity contribution in [3.05, 3.63) is 35.9 Å². The SMILES string of the molecule is CC(=O)N[C@@H](COP(=O)(O)O)C(=O)N1CCC[C@H]1C(=O)N[C@H](C(=O)N[C@@H](Cc1ccccc1)C(N)=O)[C@@H](C)O. The predicted octanol–water partition coefficient (Wildman–Crippen LogP) is -2.33. The molecule has 1 saturated heterocycles. The Hall–Kier alpha value is -3.36. The van der Waals surface area contributed by atoms with Gasteiger partial charge in [0.15, 0.2) is 0 Å². The van der Waals surface area contributed by atoms with Crippen LogP contribution < -0.4 is 21.7 Å². The number of phosphoric acid groups is 1. The summed E-state index contributed by atoms with van der Waals surface area (Å²) in [7, 11) is -4.96. The van der Waals surface area contributed by atoms with Crippen LogP contribution in [-0.2, 0) is 39.5 Å². The van der Waals surface area contributed by atoms with Crippen LogP contribution >= 0.6 is 7.82 Å². The molecular formula is C23H34N5O10P. The Morgan fingerprint density at radius 2 is 1.74 bits per heavy atom. The van der Waals surface area contributed by atoms with Gasteiger partial charge in [-0.15, -0.1) is 0 Å². The molecule has 0 radical (unpaired) electrons. The van der Waals surface area contributed by atoms with Crippen molar-refractivity contribution < 1.29 is 48.0 Å². The number of hydrogen-bond donors (Lipinski definition) is 7. The van der Waals surface area contributed by atoms with Crippen molar-refractivity contribution in [2.24, 2.45) is 5.73 Å². The second kappa shape index (κ2) is 14.1. The molecule has 16 heteroatoms. The van der Waals surface area contributed by atoms with Gasteiger partial charge < -0.3 is 41.5 Å². The van der Waals surface area contributed by atoms with Crippen LogP contribution in [0.15, 0.2) is 30.3 Å².